The number of nitrogens with one attached hydrogen (secondary N) is 1. The summed E-state index contributed by atoms with van der Waals surface area (Å²) in [5.41, 5.74) is 7.12. The molecule has 2 nitrogen and oxygen atoms in total. The Morgan fingerprint density at radius 2 is 2.12 bits per heavy atom. The molecule has 1 aromatic carbocycles. The minimum atomic E-state index is 0.974. The SMILES string of the molecule is CNCCc1ncsc1-c1ccc(C)cc1C. The van der Waals surface area contributed by atoms with Gasteiger partial charge in [0.2, 0.25) is 0 Å². The fourth-order valence-corrected chi connectivity index (χ4v) is 2.91. The Hall–Kier alpha value is -1.19. The predicted octanol–water partition coefficient (Wildman–Crippen LogP) is 3.19. The van der Waals surface area contributed by atoms with Gasteiger partial charge in [-0.15, -0.1) is 11.3 Å². The van der Waals surface area contributed by atoms with E-state index in [0.717, 1.165) is 13.0 Å². The highest BCUT2D eigenvalue weighted by Gasteiger charge is 2.10. The van der Waals surface area contributed by atoms with Gasteiger partial charge in [0.05, 0.1) is 16.1 Å². The molecule has 0 spiro atoms. The van der Waals surface area contributed by atoms with Gasteiger partial charge >= 0.3 is 0 Å². The zero-order chi connectivity index (χ0) is 12.3. The molecule has 0 saturated carbocycles. The van der Waals surface area contributed by atoms with Crippen LogP contribution in [-0.4, -0.2) is 18.6 Å². The van der Waals surface area contributed by atoms with Crippen molar-refractivity contribution in [2.75, 3.05) is 13.6 Å². The van der Waals surface area contributed by atoms with Crippen molar-refractivity contribution in [3.05, 3.63) is 40.5 Å². The lowest BCUT2D eigenvalue weighted by atomic mass is 10.0. The van der Waals surface area contributed by atoms with Gasteiger partial charge < -0.3 is 5.32 Å². The van der Waals surface area contributed by atoms with Crippen LogP contribution in [-0.2, 0) is 6.42 Å². The Morgan fingerprint density at radius 1 is 1.29 bits per heavy atom. The highest BCUT2D eigenvalue weighted by atomic mass is 32.1. The van der Waals surface area contributed by atoms with Crippen molar-refractivity contribution in [2.24, 2.45) is 0 Å². The smallest absolute Gasteiger partial charge is 0.0801 e. The Bertz CT molecular complexity index is 503. The minimum absolute atomic E-state index is 0.974. The molecule has 0 fully saturated rings. The molecule has 2 aromatic rings. The Kier molecular flexibility index (Phi) is 3.92. The first-order chi connectivity index (χ1) is 8.22. The molecule has 0 aliphatic rings. The van der Waals surface area contributed by atoms with E-state index in [2.05, 4.69) is 42.3 Å². The van der Waals surface area contributed by atoms with Crippen molar-refractivity contribution in [3.8, 4) is 10.4 Å². The summed E-state index contributed by atoms with van der Waals surface area (Å²) in [7, 11) is 1.98. The molecule has 0 saturated heterocycles. The molecule has 0 unspecified atom stereocenters. The summed E-state index contributed by atoms with van der Waals surface area (Å²) in [6.07, 6.45) is 0.989. The summed E-state index contributed by atoms with van der Waals surface area (Å²) in [5.74, 6) is 0. The summed E-state index contributed by atoms with van der Waals surface area (Å²) < 4.78 is 0. The molecule has 0 radical (unpaired) electrons. The molecule has 0 bridgehead atoms. The van der Waals surface area contributed by atoms with E-state index in [1.54, 1.807) is 11.3 Å². The van der Waals surface area contributed by atoms with E-state index in [9.17, 15) is 0 Å². The molecule has 0 aliphatic heterocycles. The van der Waals surface area contributed by atoms with Crippen molar-refractivity contribution < 1.29 is 0 Å². The third-order valence-electron chi connectivity index (χ3n) is 2.88. The van der Waals surface area contributed by atoms with Gasteiger partial charge in [0.25, 0.3) is 0 Å². The third-order valence-corrected chi connectivity index (χ3v) is 3.78. The van der Waals surface area contributed by atoms with Gasteiger partial charge in [0, 0.05) is 13.0 Å². The Balaban J connectivity index is 2.35. The van der Waals surface area contributed by atoms with Crippen molar-refractivity contribution in [1.29, 1.82) is 0 Å². The largest absolute Gasteiger partial charge is 0.319 e. The van der Waals surface area contributed by atoms with Crippen LogP contribution in [0.1, 0.15) is 16.8 Å². The zero-order valence-electron chi connectivity index (χ0n) is 10.6. The van der Waals surface area contributed by atoms with E-state index in [1.165, 1.54) is 27.3 Å². The number of hydrogen-bond acceptors (Lipinski definition) is 3. The van der Waals surface area contributed by atoms with E-state index in [0.29, 0.717) is 0 Å². The van der Waals surface area contributed by atoms with Gasteiger partial charge in [0.15, 0.2) is 0 Å². The number of benzene rings is 1. The highest BCUT2D eigenvalue weighted by Crippen LogP contribution is 2.30. The topological polar surface area (TPSA) is 24.9 Å². The Morgan fingerprint density at radius 3 is 2.82 bits per heavy atom. The molecular formula is C14H18N2S. The van der Waals surface area contributed by atoms with Crippen LogP contribution in [0, 0.1) is 13.8 Å². The Labute approximate surface area is 107 Å². The molecule has 1 N–H and O–H groups in total. The number of rotatable bonds is 4. The number of thiazole rings is 1. The number of likely N-dealkylation sites (N-methyl/N-ethyl adjacent to an activating group) is 1. The molecule has 3 heteroatoms. The van der Waals surface area contributed by atoms with Crippen molar-refractivity contribution in [3.63, 3.8) is 0 Å². The second-order valence-corrected chi connectivity index (χ2v) is 5.15. The van der Waals surface area contributed by atoms with E-state index in [1.807, 2.05) is 12.6 Å². The van der Waals surface area contributed by atoms with Gasteiger partial charge in [-0.3, -0.25) is 0 Å². The second-order valence-electron chi connectivity index (χ2n) is 4.30. The fourth-order valence-electron chi connectivity index (χ4n) is 1.98. The standard InChI is InChI=1S/C14H18N2S/c1-10-4-5-12(11(2)8-10)14-13(6-7-15-3)16-9-17-14/h4-5,8-9,15H,6-7H2,1-3H3. The minimum Gasteiger partial charge on any atom is -0.319 e. The molecular weight excluding hydrogens is 228 g/mol. The van der Waals surface area contributed by atoms with Gasteiger partial charge in [-0.05, 0) is 32.0 Å². The van der Waals surface area contributed by atoms with Crippen LogP contribution in [0.15, 0.2) is 23.7 Å². The van der Waals surface area contributed by atoms with Crippen LogP contribution < -0.4 is 5.32 Å². The maximum Gasteiger partial charge on any atom is 0.0801 e. The first kappa shape index (κ1) is 12.3. The van der Waals surface area contributed by atoms with Crippen LogP contribution >= 0.6 is 11.3 Å². The number of nitrogens with zero attached hydrogens (tertiary/aromatic N) is 1. The quantitative estimate of drug-likeness (QED) is 0.896. The summed E-state index contributed by atoms with van der Waals surface area (Å²) >= 11 is 1.73. The first-order valence-corrected chi connectivity index (χ1v) is 6.75. The molecule has 2 rings (SSSR count). The van der Waals surface area contributed by atoms with E-state index in [4.69, 9.17) is 0 Å². The average molecular weight is 246 g/mol. The maximum absolute atomic E-state index is 4.47. The maximum atomic E-state index is 4.47. The van der Waals surface area contributed by atoms with Crippen LogP contribution in [0.5, 0.6) is 0 Å². The molecule has 90 valence electrons. The summed E-state index contributed by atoms with van der Waals surface area (Å²) in [6.45, 7) is 5.27. The van der Waals surface area contributed by atoms with Crippen LogP contribution in [0.3, 0.4) is 0 Å². The monoisotopic (exact) mass is 246 g/mol. The summed E-state index contributed by atoms with van der Waals surface area (Å²) in [5, 5.41) is 3.17. The number of aromatic nitrogens is 1. The zero-order valence-corrected chi connectivity index (χ0v) is 11.4. The van der Waals surface area contributed by atoms with E-state index < -0.39 is 0 Å². The van der Waals surface area contributed by atoms with Gasteiger partial charge in [-0.1, -0.05) is 23.8 Å². The van der Waals surface area contributed by atoms with Crippen molar-refractivity contribution >= 4 is 11.3 Å². The van der Waals surface area contributed by atoms with Crippen LogP contribution in [0.2, 0.25) is 0 Å². The average Bonchev–Trinajstić information content (AvgIpc) is 2.74. The lowest BCUT2D eigenvalue weighted by Gasteiger charge is -2.07. The highest BCUT2D eigenvalue weighted by molar-refractivity contribution is 7.13. The van der Waals surface area contributed by atoms with E-state index >= 15 is 0 Å². The molecule has 0 aliphatic carbocycles. The van der Waals surface area contributed by atoms with Crippen molar-refractivity contribution in [1.82, 2.24) is 10.3 Å². The molecule has 1 aromatic heterocycles. The normalized spacial score (nSPS) is 10.8. The number of hydrogen-bond donors (Lipinski definition) is 1. The first-order valence-electron chi connectivity index (χ1n) is 5.87. The number of aryl methyl sites for hydroxylation is 2. The molecule has 0 atom stereocenters. The molecule has 0 amide bonds. The summed E-state index contributed by atoms with van der Waals surface area (Å²) in [6, 6.07) is 6.61. The van der Waals surface area contributed by atoms with Crippen LogP contribution in [0.4, 0.5) is 0 Å². The summed E-state index contributed by atoms with van der Waals surface area (Å²) in [4.78, 5) is 5.79. The lowest BCUT2D eigenvalue weighted by molar-refractivity contribution is 0.781. The fraction of sp³-hybridized carbons (Fsp3) is 0.357. The van der Waals surface area contributed by atoms with Gasteiger partial charge in [0.1, 0.15) is 0 Å². The van der Waals surface area contributed by atoms with Crippen LogP contribution in [0.25, 0.3) is 10.4 Å². The van der Waals surface area contributed by atoms with E-state index in [-0.39, 0.29) is 0 Å². The van der Waals surface area contributed by atoms with Gasteiger partial charge in [-0.2, -0.15) is 0 Å². The predicted molar refractivity (Wildman–Crippen MR) is 74.7 cm³/mol. The molecule has 17 heavy (non-hydrogen) atoms. The second kappa shape index (κ2) is 5.43. The third kappa shape index (κ3) is 2.73. The van der Waals surface area contributed by atoms with Crippen molar-refractivity contribution in [2.45, 2.75) is 20.3 Å². The van der Waals surface area contributed by atoms with Gasteiger partial charge in [-0.25, -0.2) is 4.98 Å². The molecule has 1 heterocycles. The lowest BCUT2D eigenvalue weighted by Crippen LogP contribution is -2.10.